The summed E-state index contributed by atoms with van der Waals surface area (Å²) < 4.78 is 43.1. The van der Waals surface area contributed by atoms with Gasteiger partial charge in [0.1, 0.15) is 5.75 Å². The molecule has 25 heavy (non-hydrogen) atoms. The maximum Gasteiger partial charge on any atom is 0.422 e. The van der Waals surface area contributed by atoms with E-state index in [0.717, 1.165) is 17.8 Å². The zero-order chi connectivity index (χ0) is 18.6. The van der Waals surface area contributed by atoms with Crippen LogP contribution in [0.15, 0.2) is 30.5 Å². The van der Waals surface area contributed by atoms with Crippen LogP contribution in [0.25, 0.3) is 0 Å². The van der Waals surface area contributed by atoms with Crippen LogP contribution in [0.5, 0.6) is 5.75 Å². The SMILES string of the molecule is CCn1cc(C(C)NC(=O)c2cccc(OCC(F)(F)F)c2)c(C)n1. The molecule has 0 spiro atoms. The van der Waals surface area contributed by atoms with E-state index in [1.165, 1.54) is 24.3 Å². The fourth-order valence-electron chi connectivity index (χ4n) is 2.37. The number of alkyl halides is 3. The van der Waals surface area contributed by atoms with Crippen molar-refractivity contribution >= 4 is 5.91 Å². The Kier molecular flexibility index (Phi) is 5.71. The van der Waals surface area contributed by atoms with Crippen LogP contribution < -0.4 is 10.1 Å². The number of nitrogens with one attached hydrogen (secondary N) is 1. The van der Waals surface area contributed by atoms with Crippen LogP contribution in [-0.2, 0) is 6.54 Å². The number of rotatable bonds is 6. The average Bonchev–Trinajstić information content (AvgIpc) is 2.93. The van der Waals surface area contributed by atoms with Crippen LogP contribution in [0.1, 0.15) is 41.5 Å². The molecule has 1 N–H and O–H groups in total. The van der Waals surface area contributed by atoms with Gasteiger partial charge in [-0.15, -0.1) is 0 Å². The van der Waals surface area contributed by atoms with Gasteiger partial charge in [-0.25, -0.2) is 0 Å². The van der Waals surface area contributed by atoms with Gasteiger partial charge in [-0.05, 0) is 39.0 Å². The van der Waals surface area contributed by atoms with E-state index in [0.29, 0.717) is 0 Å². The molecule has 0 radical (unpaired) electrons. The summed E-state index contributed by atoms with van der Waals surface area (Å²) in [6.45, 7) is 4.97. The van der Waals surface area contributed by atoms with Crippen molar-refractivity contribution in [3.63, 3.8) is 0 Å². The van der Waals surface area contributed by atoms with E-state index in [1.54, 1.807) is 4.68 Å². The Hall–Kier alpha value is -2.51. The van der Waals surface area contributed by atoms with Gasteiger partial charge < -0.3 is 10.1 Å². The van der Waals surface area contributed by atoms with Gasteiger partial charge in [0.15, 0.2) is 6.61 Å². The molecule has 1 aromatic heterocycles. The normalized spacial score (nSPS) is 12.7. The van der Waals surface area contributed by atoms with Crippen LogP contribution in [0.2, 0.25) is 0 Å². The van der Waals surface area contributed by atoms with Gasteiger partial charge >= 0.3 is 6.18 Å². The maximum absolute atomic E-state index is 12.4. The highest BCUT2D eigenvalue weighted by atomic mass is 19.4. The van der Waals surface area contributed by atoms with Crippen molar-refractivity contribution in [1.82, 2.24) is 15.1 Å². The van der Waals surface area contributed by atoms with Gasteiger partial charge in [-0.2, -0.15) is 18.3 Å². The number of hydrogen-bond donors (Lipinski definition) is 1. The van der Waals surface area contributed by atoms with Crippen LogP contribution >= 0.6 is 0 Å². The summed E-state index contributed by atoms with van der Waals surface area (Å²) in [5.74, 6) is -0.402. The Labute approximate surface area is 143 Å². The zero-order valence-electron chi connectivity index (χ0n) is 14.2. The second-order valence-electron chi connectivity index (χ2n) is 5.65. The molecule has 5 nitrogen and oxygen atoms in total. The van der Waals surface area contributed by atoms with Crippen molar-refractivity contribution in [2.75, 3.05) is 6.61 Å². The standard InChI is InChI=1S/C17H20F3N3O2/c1-4-23-9-15(12(3)22-23)11(2)21-16(24)13-6-5-7-14(8-13)25-10-17(18,19)20/h5-9,11H,4,10H2,1-3H3,(H,21,24). The highest BCUT2D eigenvalue weighted by Crippen LogP contribution is 2.21. The smallest absolute Gasteiger partial charge is 0.422 e. The lowest BCUT2D eigenvalue weighted by atomic mass is 10.1. The van der Waals surface area contributed by atoms with E-state index >= 15 is 0 Å². The Bertz CT molecular complexity index is 741. The molecule has 0 aliphatic heterocycles. The van der Waals surface area contributed by atoms with E-state index in [1.807, 2.05) is 27.0 Å². The highest BCUT2D eigenvalue weighted by Gasteiger charge is 2.28. The Balaban J connectivity index is 2.06. The number of halogens is 3. The van der Waals surface area contributed by atoms with Crippen molar-refractivity contribution in [2.45, 2.75) is 39.5 Å². The number of nitrogens with zero attached hydrogens (tertiary/aromatic N) is 2. The number of carbonyl (C=O) groups is 1. The summed E-state index contributed by atoms with van der Waals surface area (Å²) >= 11 is 0. The number of hydrogen-bond acceptors (Lipinski definition) is 3. The zero-order valence-corrected chi connectivity index (χ0v) is 14.2. The number of carbonyl (C=O) groups excluding carboxylic acids is 1. The van der Waals surface area contributed by atoms with Crippen molar-refractivity contribution < 1.29 is 22.7 Å². The van der Waals surface area contributed by atoms with Crippen molar-refractivity contribution in [3.8, 4) is 5.75 Å². The van der Waals surface area contributed by atoms with Crippen molar-refractivity contribution in [1.29, 1.82) is 0 Å². The molecule has 0 saturated carbocycles. The van der Waals surface area contributed by atoms with Crippen LogP contribution in [0, 0.1) is 6.92 Å². The molecular weight excluding hydrogens is 335 g/mol. The first-order valence-corrected chi connectivity index (χ1v) is 7.84. The molecule has 2 aromatic rings. The molecule has 0 saturated heterocycles. The van der Waals surface area contributed by atoms with E-state index in [2.05, 4.69) is 15.2 Å². The van der Waals surface area contributed by atoms with E-state index in [9.17, 15) is 18.0 Å². The van der Waals surface area contributed by atoms with E-state index in [4.69, 9.17) is 0 Å². The number of benzene rings is 1. The minimum atomic E-state index is -4.43. The Morgan fingerprint density at radius 3 is 2.72 bits per heavy atom. The highest BCUT2D eigenvalue weighted by molar-refractivity contribution is 5.94. The molecule has 2 rings (SSSR count). The first-order valence-electron chi connectivity index (χ1n) is 7.84. The van der Waals surface area contributed by atoms with E-state index in [-0.39, 0.29) is 17.4 Å². The molecule has 0 bridgehead atoms. The minimum Gasteiger partial charge on any atom is -0.484 e. The Morgan fingerprint density at radius 2 is 2.12 bits per heavy atom. The van der Waals surface area contributed by atoms with Gasteiger partial charge in [-0.1, -0.05) is 6.07 Å². The Morgan fingerprint density at radius 1 is 1.40 bits per heavy atom. The monoisotopic (exact) mass is 355 g/mol. The van der Waals surface area contributed by atoms with Gasteiger partial charge in [-0.3, -0.25) is 9.48 Å². The lowest BCUT2D eigenvalue weighted by molar-refractivity contribution is -0.153. The molecular formula is C17H20F3N3O2. The summed E-state index contributed by atoms with van der Waals surface area (Å²) in [6.07, 6.45) is -2.56. The molecule has 0 aliphatic rings. The predicted octanol–water partition coefficient (Wildman–Crippen LogP) is 3.64. The molecule has 8 heteroatoms. The quantitative estimate of drug-likeness (QED) is 0.861. The largest absolute Gasteiger partial charge is 0.484 e. The van der Waals surface area contributed by atoms with Crippen LogP contribution in [0.4, 0.5) is 13.2 Å². The fourth-order valence-corrected chi connectivity index (χ4v) is 2.37. The third-order valence-electron chi connectivity index (χ3n) is 3.62. The molecule has 1 unspecified atom stereocenters. The molecule has 0 aliphatic carbocycles. The fraction of sp³-hybridized carbons (Fsp3) is 0.412. The van der Waals surface area contributed by atoms with Crippen molar-refractivity contribution in [3.05, 3.63) is 47.3 Å². The second-order valence-corrected chi connectivity index (χ2v) is 5.65. The lowest BCUT2D eigenvalue weighted by Crippen LogP contribution is -2.27. The van der Waals surface area contributed by atoms with E-state index < -0.39 is 18.7 Å². The predicted molar refractivity (Wildman–Crippen MR) is 86.5 cm³/mol. The first kappa shape index (κ1) is 18.8. The van der Waals surface area contributed by atoms with Crippen molar-refractivity contribution in [2.24, 2.45) is 0 Å². The van der Waals surface area contributed by atoms with Gasteiger partial charge in [0.2, 0.25) is 0 Å². The average molecular weight is 355 g/mol. The molecule has 1 amide bonds. The minimum absolute atomic E-state index is 0.00684. The second kappa shape index (κ2) is 7.58. The third kappa shape index (κ3) is 5.23. The molecule has 1 heterocycles. The number of ether oxygens (including phenoxy) is 1. The summed E-state index contributed by atoms with van der Waals surface area (Å²) in [5, 5.41) is 7.15. The summed E-state index contributed by atoms with van der Waals surface area (Å²) in [6, 6.07) is 5.38. The van der Waals surface area contributed by atoms with Gasteiger partial charge in [0, 0.05) is 23.9 Å². The molecule has 1 aromatic carbocycles. The summed E-state index contributed by atoms with van der Waals surface area (Å²) in [7, 11) is 0. The van der Waals surface area contributed by atoms with Gasteiger partial charge in [0.25, 0.3) is 5.91 Å². The number of aryl methyl sites for hydroxylation is 2. The number of aromatic nitrogens is 2. The van der Waals surface area contributed by atoms with Crippen LogP contribution in [0.3, 0.4) is 0 Å². The summed E-state index contributed by atoms with van der Waals surface area (Å²) in [4.78, 5) is 12.4. The molecule has 1 atom stereocenters. The molecule has 136 valence electrons. The maximum atomic E-state index is 12.4. The van der Waals surface area contributed by atoms with Crippen LogP contribution in [-0.4, -0.2) is 28.5 Å². The first-order chi connectivity index (χ1) is 11.7. The molecule has 0 fully saturated rings. The van der Waals surface area contributed by atoms with Gasteiger partial charge in [0.05, 0.1) is 11.7 Å². The lowest BCUT2D eigenvalue weighted by Gasteiger charge is -2.14. The summed E-state index contributed by atoms with van der Waals surface area (Å²) in [5.41, 5.74) is 1.93. The third-order valence-corrected chi connectivity index (χ3v) is 3.62. The number of amides is 1. The topological polar surface area (TPSA) is 56.2 Å².